The van der Waals surface area contributed by atoms with Crippen molar-refractivity contribution in [3.05, 3.63) is 52.2 Å². The number of carboxylic acid groups (broad SMARTS) is 1. The second kappa shape index (κ2) is 7.56. The maximum Gasteiger partial charge on any atom is 0.326 e. The number of benzene rings is 1. The number of likely N-dealkylation sites (tertiary alicyclic amines) is 1. The Morgan fingerprint density at radius 3 is 2.77 bits per heavy atom. The molecule has 1 saturated heterocycles. The van der Waals surface area contributed by atoms with Crippen LogP contribution in [0.2, 0.25) is 0 Å². The Kier molecular flexibility index (Phi) is 5.40. The van der Waals surface area contributed by atoms with Crippen LogP contribution in [-0.2, 0) is 21.4 Å². The van der Waals surface area contributed by atoms with Crippen LogP contribution in [0.1, 0.15) is 28.1 Å². The first kappa shape index (κ1) is 18.6. The molecule has 0 unspecified atom stereocenters. The number of rotatable bonds is 6. The summed E-state index contributed by atoms with van der Waals surface area (Å²) in [4.78, 5) is 26.0. The lowest BCUT2D eigenvalue weighted by Gasteiger charge is -2.21. The zero-order valence-corrected chi connectivity index (χ0v) is 15.4. The van der Waals surface area contributed by atoms with Crippen molar-refractivity contribution in [3.8, 4) is 0 Å². The second-order valence-corrected chi connectivity index (χ2v) is 8.73. The first-order chi connectivity index (χ1) is 12.4. The van der Waals surface area contributed by atoms with Crippen LogP contribution in [0.15, 0.2) is 46.7 Å². The minimum atomic E-state index is -3.78. The van der Waals surface area contributed by atoms with Crippen molar-refractivity contribution in [1.82, 2.24) is 9.62 Å². The van der Waals surface area contributed by atoms with E-state index < -0.39 is 27.9 Å². The van der Waals surface area contributed by atoms with Crippen molar-refractivity contribution >= 4 is 33.2 Å². The van der Waals surface area contributed by atoms with E-state index in [1.807, 2.05) is 17.5 Å². The molecule has 138 valence electrons. The first-order valence-corrected chi connectivity index (χ1v) is 10.4. The highest BCUT2D eigenvalue weighted by atomic mass is 32.2. The largest absolute Gasteiger partial charge is 0.480 e. The Balaban J connectivity index is 1.79. The number of hydrogen-bond donors (Lipinski definition) is 2. The Labute approximate surface area is 155 Å². The van der Waals surface area contributed by atoms with Gasteiger partial charge in [0.1, 0.15) is 6.04 Å². The number of nitrogens with one attached hydrogen (secondary N) is 1. The molecule has 2 aromatic rings. The normalized spacial score (nSPS) is 17.4. The van der Waals surface area contributed by atoms with Gasteiger partial charge in [-0.05, 0) is 42.5 Å². The molecule has 1 atom stereocenters. The molecule has 0 aliphatic carbocycles. The van der Waals surface area contributed by atoms with E-state index in [0.717, 1.165) is 4.88 Å². The number of carbonyl (C=O) groups is 2. The van der Waals surface area contributed by atoms with Crippen molar-refractivity contribution in [2.75, 3.05) is 6.54 Å². The van der Waals surface area contributed by atoms with E-state index in [0.29, 0.717) is 19.4 Å². The molecule has 1 aliphatic heterocycles. The maximum atomic E-state index is 12.6. The standard InChI is InChI=1S/C17H18N2O5S2/c20-16(19-8-2-7-15(19)17(21)22)12-4-1-6-14(10-12)26(23,24)18-11-13-5-3-9-25-13/h1,3-6,9-10,15,18H,2,7-8,11H2,(H,21,22)/t15-/m1/s1. The average molecular weight is 394 g/mol. The van der Waals surface area contributed by atoms with Crippen molar-refractivity contribution in [2.45, 2.75) is 30.3 Å². The number of thiophene rings is 1. The smallest absolute Gasteiger partial charge is 0.326 e. The third-order valence-corrected chi connectivity index (χ3v) is 6.48. The van der Waals surface area contributed by atoms with Gasteiger partial charge in [0.05, 0.1) is 4.90 Å². The average Bonchev–Trinajstić information content (AvgIpc) is 3.31. The van der Waals surface area contributed by atoms with Gasteiger partial charge in [-0.2, -0.15) is 0 Å². The van der Waals surface area contributed by atoms with Gasteiger partial charge in [0.25, 0.3) is 5.91 Å². The zero-order chi connectivity index (χ0) is 18.7. The lowest BCUT2D eigenvalue weighted by atomic mass is 10.1. The summed E-state index contributed by atoms with van der Waals surface area (Å²) in [5, 5.41) is 11.1. The number of amides is 1. The predicted octanol–water partition coefficient (Wildman–Crippen LogP) is 1.92. The molecule has 0 saturated carbocycles. The number of nitrogens with zero attached hydrogens (tertiary/aromatic N) is 1. The Hall–Kier alpha value is -2.23. The molecule has 1 aliphatic rings. The molecule has 0 spiro atoms. The van der Waals surface area contributed by atoms with Crippen LogP contribution in [0.5, 0.6) is 0 Å². The van der Waals surface area contributed by atoms with Gasteiger partial charge >= 0.3 is 5.97 Å². The third-order valence-electron chi connectivity index (χ3n) is 4.21. The van der Waals surface area contributed by atoms with Crippen LogP contribution in [0.3, 0.4) is 0 Å². The van der Waals surface area contributed by atoms with Crippen molar-refractivity contribution < 1.29 is 23.1 Å². The van der Waals surface area contributed by atoms with Crippen molar-refractivity contribution in [1.29, 1.82) is 0 Å². The summed E-state index contributed by atoms with van der Waals surface area (Å²) in [6, 6.07) is 8.48. The molecule has 3 rings (SSSR count). The van der Waals surface area contributed by atoms with Crippen LogP contribution >= 0.6 is 11.3 Å². The van der Waals surface area contributed by atoms with E-state index in [2.05, 4.69) is 4.72 Å². The highest BCUT2D eigenvalue weighted by Crippen LogP contribution is 2.22. The van der Waals surface area contributed by atoms with Crippen LogP contribution in [0, 0.1) is 0 Å². The van der Waals surface area contributed by atoms with E-state index in [4.69, 9.17) is 0 Å². The Morgan fingerprint density at radius 1 is 1.27 bits per heavy atom. The molecule has 0 radical (unpaired) electrons. The number of hydrogen-bond acceptors (Lipinski definition) is 5. The lowest BCUT2D eigenvalue weighted by molar-refractivity contribution is -0.141. The van der Waals surface area contributed by atoms with E-state index >= 15 is 0 Å². The van der Waals surface area contributed by atoms with Gasteiger partial charge in [-0.1, -0.05) is 12.1 Å². The second-order valence-electron chi connectivity index (χ2n) is 5.93. The third kappa shape index (κ3) is 3.95. The summed E-state index contributed by atoms with van der Waals surface area (Å²) in [6.07, 6.45) is 1.02. The first-order valence-electron chi connectivity index (χ1n) is 8.04. The van der Waals surface area contributed by atoms with Gasteiger partial charge in [0.2, 0.25) is 10.0 Å². The molecule has 1 aromatic heterocycles. The van der Waals surface area contributed by atoms with Crippen LogP contribution in [0.4, 0.5) is 0 Å². The van der Waals surface area contributed by atoms with Gasteiger partial charge in [-0.15, -0.1) is 11.3 Å². The molecule has 2 N–H and O–H groups in total. The molecule has 0 bridgehead atoms. The van der Waals surface area contributed by atoms with Crippen molar-refractivity contribution in [2.24, 2.45) is 0 Å². The molecule has 2 heterocycles. The topological polar surface area (TPSA) is 104 Å². The molecular formula is C17H18N2O5S2. The number of carboxylic acids is 1. The summed E-state index contributed by atoms with van der Waals surface area (Å²) >= 11 is 1.44. The summed E-state index contributed by atoms with van der Waals surface area (Å²) in [5.74, 6) is -1.51. The summed E-state index contributed by atoms with van der Waals surface area (Å²) in [7, 11) is -3.78. The molecule has 1 amide bonds. The molecule has 1 fully saturated rings. The fourth-order valence-electron chi connectivity index (χ4n) is 2.89. The van der Waals surface area contributed by atoms with Crippen LogP contribution in [0.25, 0.3) is 0 Å². The van der Waals surface area contributed by atoms with Gasteiger partial charge in [-0.3, -0.25) is 4.79 Å². The summed E-state index contributed by atoms with van der Waals surface area (Å²) in [6.45, 7) is 0.523. The lowest BCUT2D eigenvalue weighted by Crippen LogP contribution is -2.40. The number of aliphatic carboxylic acids is 1. The van der Waals surface area contributed by atoms with Gasteiger partial charge < -0.3 is 10.0 Å². The molecule has 1 aromatic carbocycles. The molecule has 26 heavy (non-hydrogen) atoms. The molecule has 7 nitrogen and oxygen atoms in total. The Morgan fingerprint density at radius 2 is 2.08 bits per heavy atom. The number of carbonyl (C=O) groups excluding carboxylic acids is 1. The monoisotopic (exact) mass is 394 g/mol. The highest BCUT2D eigenvalue weighted by molar-refractivity contribution is 7.89. The van der Waals surface area contributed by atoms with Crippen molar-refractivity contribution in [3.63, 3.8) is 0 Å². The van der Waals surface area contributed by atoms with E-state index in [-0.39, 0.29) is 17.0 Å². The Bertz CT molecular complexity index is 909. The van der Waals surface area contributed by atoms with E-state index in [1.165, 1.54) is 40.5 Å². The summed E-state index contributed by atoms with van der Waals surface area (Å²) < 4.78 is 27.4. The predicted molar refractivity (Wildman–Crippen MR) is 96.5 cm³/mol. The summed E-state index contributed by atoms with van der Waals surface area (Å²) in [5.41, 5.74) is 0.164. The number of sulfonamides is 1. The van der Waals surface area contributed by atoms with Gasteiger partial charge in [0, 0.05) is 23.5 Å². The highest BCUT2D eigenvalue weighted by Gasteiger charge is 2.34. The maximum absolute atomic E-state index is 12.6. The quantitative estimate of drug-likeness (QED) is 0.779. The fraction of sp³-hybridized carbons (Fsp3) is 0.294. The van der Waals surface area contributed by atoms with E-state index in [1.54, 1.807) is 0 Å². The minimum absolute atomic E-state index is 0.0222. The SMILES string of the molecule is O=C(O)[C@H]1CCCN1C(=O)c1cccc(S(=O)(=O)NCc2cccs2)c1. The molecule has 9 heteroatoms. The van der Waals surface area contributed by atoms with Crippen LogP contribution < -0.4 is 4.72 Å². The minimum Gasteiger partial charge on any atom is -0.480 e. The van der Waals surface area contributed by atoms with Gasteiger partial charge in [0.15, 0.2) is 0 Å². The molecular weight excluding hydrogens is 376 g/mol. The zero-order valence-electron chi connectivity index (χ0n) is 13.8. The fourth-order valence-corrected chi connectivity index (χ4v) is 4.68. The van der Waals surface area contributed by atoms with Gasteiger partial charge in [-0.25, -0.2) is 17.9 Å². The van der Waals surface area contributed by atoms with Crippen LogP contribution in [-0.4, -0.2) is 42.9 Å². The van der Waals surface area contributed by atoms with E-state index in [9.17, 15) is 23.1 Å².